The molecule has 65 heavy (non-hydrogen) atoms. The van der Waals surface area contributed by atoms with E-state index in [1.54, 1.807) is 0 Å². The molecule has 10 aromatic rings. The van der Waals surface area contributed by atoms with Gasteiger partial charge in [-0.15, -0.1) is 0 Å². The van der Waals surface area contributed by atoms with Crippen molar-refractivity contribution in [1.82, 2.24) is 0 Å². The van der Waals surface area contributed by atoms with E-state index < -0.39 is 5.41 Å². The maximum atomic E-state index is 6.67. The van der Waals surface area contributed by atoms with Gasteiger partial charge in [-0.25, -0.2) is 0 Å². The van der Waals surface area contributed by atoms with E-state index in [1.807, 2.05) is 0 Å². The molecule has 0 atom stereocenters. The third-order valence-corrected chi connectivity index (χ3v) is 14.8. The summed E-state index contributed by atoms with van der Waals surface area (Å²) in [6.07, 6.45) is 2.26. The van der Waals surface area contributed by atoms with E-state index in [1.165, 1.54) is 66.8 Å². The van der Waals surface area contributed by atoms with Gasteiger partial charge in [0.1, 0.15) is 11.2 Å². The van der Waals surface area contributed by atoms with Crippen LogP contribution in [0.4, 0.5) is 17.1 Å². The zero-order chi connectivity index (χ0) is 43.9. The normalized spacial score (nSPS) is 15.3. The Morgan fingerprint density at radius 3 is 1.69 bits per heavy atom. The molecule has 0 saturated heterocycles. The van der Waals surface area contributed by atoms with Gasteiger partial charge >= 0.3 is 0 Å². The first-order valence-corrected chi connectivity index (χ1v) is 23.1. The van der Waals surface area contributed by atoms with Crippen molar-refractivity contribution in [1.29, 1.82) is 0 Å². The quantitative estimate of drug-likeness (QED) is 0.159. The van der Waals surface area contributed by atoms with Crippen LogP contribution in [-0.4, -0.2) is 0 Å². The number of para-hydroxylation sites is 1. The first-order chi connectivity index (χ1) is 31.7. The molecule has 12 rings (SSSR count). The first-order valence-electron chi connectivity index (χ1n) is 23.1. The van der Waals surface area contributed by atoms with Crippen LogP contribution in [0.3, 0.4) is 0 Å². The van der Waals surface area contributed by atoms with Crippen molar-refractivity contribution in [3.05, 3.63) is 246 Å². The highest BCUT2D eigenvalue weighted by Gasteiger charge is 2.47. The highest BCUT2D eigenvalue weighted by molar-refractivity contribution is 6.07. The Labute approximate surface area is 382 Å². The number of rotatable bonds is 7. The van der Waals surface area contributed by atoms with Crippen LogP contribution < -0.4 is 4.90 Å². The number of anilines is 3. The van der Waals surface area contributed by atoms with Gasteiger partial charge in [-0.05, 0) is 127 Å². The Balaban J connectivity index is 1.22. The monoisotopic (exact) mass is 837 g/mol. The summed E-state index contributed by atoms with van der Waals surface area (Å²) in [6, 6.07) is 78.6. The molecule has 314 valence electrons. The molecule has 0 radical (unpaired) electrons. The molecule has 2 aliphatic carbocycles. The van der Waals surface area contributed by atoms with E-state index in [9.17, 15) is 0 Å². The van der Waals surface area contributed by atoms with Crippen molar-refractivity contribution in [3.63, 3.8) is 0 Å². The van der Waals surface area contributed by atoms with Gasteiger partial charge in [0.05, 0.1) is 11.1 Å². The van der Waals surface area contributed by atoms with Crippen LogP contribution in [0.15, 0.2) is 217 Å². The summed E-state index contributed by atoms with van der Waals surface area (Å²) < 4.78 is 6.67. The SMILES string of the molecule is CC1(C)CCC(C)(C)c2c(-c3cc4c(cc3N(c3ccc(-c5ccccc5)cc3)c3ccc5c(c3)oc3ccccc35)C(c3ccccc3)(c3ccccc3)c3ccccc3-4)cccc21. The lowest BCUT2D eigenvalue weighted by atomic mass is 9.61. The van der Waals surface area contributed by atoms with E-state index in [0.717, 1.165) is 51.8 Å². The molecule has 0 fully saturated rings. The third kappa shape index (κ3) is 6.07. The van der Waals surface area contributed by atoms with Gasteiger partial charge in [0.2, 0.25) is 0 Å². The van der Waals surface area contributed by atoms with E-state index in [4.69, 9.17) is 4.42 Å². The van der Waals surface area contributed by atoms with Gasteiger partial charge in [-0.1, -0.05) is 191 Å². The molecule has 0 saturated carbocycles. The first kappa shape index (κ1) is 39.2. The lowest BCUT2D eigenvalue weighted by Crippen LogP contribution is -2.34. The van der Waals surface area contributed by atoms with E-state index in [0.29, 0.717) is 0 Å². The van der Waals surface area contributed by atoms with Gasteiger partial charge in [-0.3, -0.25) is 0 Å². The molecule has 1 heterocycles. The molecular weight excluding hydrogens is 787 g/mol. The molecular formula is C63H51NO. The van der Waals surface area contributed by atoms with E-state index in [-0.39, 0.29) is 10.8 Å². The highest BCUT2D eigenvalue weighted by atomic mass is 16.3. The van der Waals surface area contributed by atoms with Crippen molar-refractivity contribution < 1.29 is 4.42 Å². The lowest BCUT2D eigenvalue weighted by Gasteiger charge is -2.43. The zero-order valence-corrected chi connectivity index (χ0v) is 37.5. The standard InChI is InChI=1S/C63H51NO/c1-61(2)37-38-62(3,4)60-51(27-18-29-55(60)61)53-40-52-48-25-14-16-28-54(48)63(44-21-10-6-11-22-44,45-23-12-7-13-24-45)56(52)41-57(53)64(46-33-31-43(32-34-46)42-19-8-5-9-20-42)47-35-36-50-49-26-15-17-30-58(49)65-59(50)39-47/h5-36,39-41H,37-38H2,1-4H3. The number of furan rings is 1. The maximum Gasteiger partial charge on any atom is 0.137 e. The summed E-state index contributed by atoms with van der Waals surface area (Å²) in [5, 5.41) is 2.24. The fourth-order valence-electron chi connectivity index (χ4n) is 11.5. The second-order valence-electron chi connectivity index (χ2n) is 19.5. The molecule has 9 aromatic carbocycles. The molecule has 0 N–H and O–H groups in total. The van der Waals surface area contributed by atoms with Gasteiger partial charge in [0, 0.05) is 33.8 Å². The van der Waals surface area contributed by atoms with E-state index in [2.05, 4.69) is 245 Å². The summed E-state index contributed by atoms with van der Waals surface area (Å²) >= 11 is 0. The molecule has 2 aliphatic rings. The molecule has 0 aliphatic heterocycles. The number of benzene rings is 9. The number of hydrogen-bond acceptors (Lipinski definition) is 2. The average molecular weight is 838 g/mol. The topological polar surface area (TPSA) is 16.4 Å². The zero-order valence-electron chi connectivity index (χ0n) is 37.5. The smallest absolute Gasteiger partial charge is 0.137 e. The van der Waals surface area contributed by atoms with Crippen molar-refractivity contribution >= 4 is 39.0 Å². The largest absolute Gasteiger partial charge is 0.456 e. The molecule has 0 spiro atoms. The van der Waals surface area contributed by atoms with Crippen molar-refractivity contribution in [2.45, 2.75) is 56.8 Å². The van der Waals surface area contributed by atoms with Crippen LogP contribution in [0, 0.1) is 0 Å². The summed E-state index contributed by atoms with van der Waals surface area (Å²) in [5.74, 6) is 0. The Hall–Kier alpha value is -7.42. The van der Waals surface area contributed by atoms with Crippen LogP contribution in [0.2, 0.25) is 0 Å². The minimum atomic E-state index is -0.579. The average Bonchev–Trinajstić information content (AvgIpc) is 3.87. The lowest BCUT2D eigenvalue weighted by molar-refractivity contribution is 0.333. The predicted octanol–water partition coefficient (Wildman–Crippen LogP) is 17.1. The molecule has 0 unspecified atom stereocenters. The molecule has 0 bridgehead atoms. The minimum Gasteiger partial charge on any atom is -0.456 e. The summed E-state index contributed by atoms with van der Waals surface area (Å²) in [6.45, 7) is 9.78. The molecule has 0 amide bonds. The Bertz CT molecular complexity index is 3370. The summed E-state index contributed by atoms with van der Waals surface area (Å²) in [4.78, 5) is 2.50. The molecule has 2 nitrogen and oxygen atoms in total. The molecule has 2 heteroatoms. The van der Waals surface area contributed by atoms with Gasteiger partial charge in [0.15, 0.2) is 0 Å². The second kappa shape index (κ2) is 14.8. The van der Waals surface area contributed by atoms with Crippen molar-refractivity contribution in [3.8, 4) is 33.4 Å². The van der Waals surface area contributed by atoms with Crippen LogP contribution in [-0.2, 0) is 16.2 Å². The summed E-state index contributed by atoms with van der Waals surface area (Å²) in [5.41, 5.74) is 19.8. The fraction of sp³-hybridized carbons (Fsp3) is 0.143. The summed E-state index contributed by atoms with van der Waals surface area (Å²) in [7, 11) is 0. The highest BCUT2D eigenvalue weighted by Crippen LogP contribution is 2.60. The van der Waals surface area contributed by atoms with Crippen LogP contribution in [0.5, 0.6) is 0 Å². The van der Waals surface area contributed by atoms with Crippen molar-refractivity contribution in [2.24, 2.45) is 0 Å². The third-order valence-electron chi connectivity index (χ3n) is 14.8. The number of hydrogen-bond donors (Lipinski definition) is 0. The van der Waals surface area contributed by atoms with Gasteiger partial charge < -0.3 is 9.32 Å². The van der Waals surface area contributed by atoms with Gasteiger partial charge in [-0.2, -0.15) is 0 Å². The maximum absolute atomic E-state index is 6.67. The van der Waals surface area contributed by atoms with E-state index >= 15 is 0 Å². The Kier molecular flexibility index (Phi) is 8.94. The van der Waals surface area contributed by atoms with Crippen LogP contribution in [0.1, 0.15) is 73.9 Å². The van der Waals surface area contributed by atoms with Crippen LogP contribution in [0.25, 0.3) is 55.3 Å². The minimum absolute atomic E-state index is 0.0389. The predicted molar refractivity (Wildman–Crippen MR) is 272 cm³/mol. The molecule has 1 aromatic heterocycles. The van der Waals surface area contributed by atoms with Crippen molar-refractivity contribution in [2.75, 3.05) is 4.90 Å². The fourth-order valence-corrected chi connectivity index (χ4v) is 11.5. The Morgan fingerprint density at radius 2 is 0.954 bits per heavy atom. The number of fused-ring (bicyclic) bond motifs is 7. The van der Waals surface area contributed by atoms with Gasteiger partial charge in [0.25, 0.3) is 0 Å². The number of nitrogens with zero attached hydrogens (tertiary/aromatic N) is 1. The van der Waals surface area contributed by atoms with Crippen LogP contribution >= 0.6 is 0 Å². The second-order valence-corrected chi connectivity index (χ2v) is 19.5. The Morgan fingerprint density at radius 1 is 0.385 bits per heavy atom.